The van der Waals surface area contributed by atoms with Gasteiger partial charge in [0.1, 0.15) is 18.1 Å². The fourth-order valence-electron chi connectivity index (χ4n) is 2.22. The van der Waals surface area contributed by atoms with E-state index in [1.54, 1.807) is 69.7 Å². The summed E-state index contributed by atoms with van der Waals surface area (Å²) in [4.78, 5) is 23.8. The summed E-state index contributed by atoms with van der Waals surface area (Å²) in [6.45, 7) is 1.73. The lowest BCUT2D eigenvalue weighted by Gasteiger charge is -2.07. The van der Waals surface area contributed by atoms with Crippen LogP contribution in [0, 0.1) is 0 Å². The minimum Gasteiger partial charge on any atom is -0.497 e. The van der Waals surface area contributed by atoms with E-state index in [0.29, 0.717) is 17.1 Å². The molecule has 0 fully saturated rings. The maximum Gasteiger partial charge on any atom is 0.428 e. The summed E-state index contributed by atoms with van der Waals surface area (Å²) < 4.78 is 15.2. The molecule has 8 nitrogen and oxygen atoms in total. The molecule has 0 radical (unpaired) electrons. The quantitative estimate of drug-likeness (QED) is 0.536. The predicted molar refractivity (Wildman–Crippen MR) is 106 cm³/mol. The van der Waals surface area contributed by atoms with Gasteiger partial charge in [0, 0.05) is 17.5 Å². The summed E-state index contributed by atoms with van der Waals surface area (Å²) in [5, 5.41) is 6.60. The third kappa shape index (κ3) is 6.99. The Morgan fingerprint density at radius 1 is 1.00 bits per heavy atom. The Kier molecular flexibility index (Phi) is 7.83. The average molecular weight is 385 g/mol. The number of amides is 2. The van der Waals surface area contributed by atoms with Crippen LogP contribution in [-0.2, 0) is 16.1 Å². The molecule has 2 aromatic rings. The molecule has 0 atom stereocenters. The van der Waals surface area contributed by atoms with Gasteiger partial charge >= 0.3 is 6.09 Å². The highest BCUT2D eigenvalue weighted by molar-refractivity contribution is 6.05. The Bertz CT molecular complexity index is 834. The number of hydrogen-bond donors (Lipinski definition) is 2. The number of benzene rings is 2. The molecule has 2 amide bonds. The predicted octanol–water partition coefficient (Wildman–Crippen LogP) is 3.33. The van der Waals surface area contributed by atoms with Crippen LogP contribution in [0.25, 0.3) is 0 Å². The Labute approximate surface area is 163 Å². The number of carbonyl (C=O) groups excluding carboxylic acids is 2. The maximum absolute atomic E-state index is 12.0. The second-order valence-electron chi connectivity index (χ2n) is 5.84. The first-order valence-corrected chi connectivity index (χ1v) is 8.53. The van der Waals surface area contributed by atoms with Crippen LogP contribution in [0.1, 0.15) is 18.9 Å². The van der Waals surface area contributed by atoms with Crippen LogP contribution in [0.3, 0.4) is 0 Å². The topological polar surface area (TPSA) is 98.3 Å². The number of nitrogens with one attached hydrogen (secondary N) is 2. The van der Waals surface area contributed by atoms with E-state index in [4.69, 9.17) is 14.2 Å². The molecule has 0 aliphatic heterocycles. The van der Waals surface area contributed by atoms with E-state index < -0.39 is 6.09 Å². The van der Waals surface area contributed by atoms with E-state index in [9.17, 15) is 9.59 Å². The number of hydrogen-bond acceptors (Lipinski definition) is 6. The van der Waals surface area contributed by atoms with Crippen molar-refractivity contribution in [1.29, 1.82) is 0 Å². The normalized spacial score (nSPS) is 10.8. The SMILES string of the molecule is COc1ccc(COC(=O)N/N=C(\C)CC(=O)Nc2cccc(OC)c2)cc1. The van der Waals surface area contributed by atoms with E-state index in [1.165, 1.54) is 0 Å². The number of rotatable bonds is 8. The zero-order chi connectivity index (χ0) is 20.4. The van der Waals surface area contributed by atoms with Gasteiger partial charge in [0.2, 0.25) is 5.91 Å². The Balaban J connectivity index is 1.75. The van der Waals surface area contributed by atoms with Crippen molar-refractivity contribution in [3.63, 3.8) is 0 Å². The molecule has 2 rings (SSSR count). The number of ether oxygens (including phenoxy) is 3. The van der Waals surface area contributed by atoms with Crippen molar-refractivity contribution in [1.82, 2.24) is 5.43 Å². The highest BCUT2D eigenvalue weighted by Gasteiger charge is 2.07. The highest BCUT2D eigenvalue weighted by atomic mass is 16.6. The zero-order valence-electron chi connectivity index (χ0n) is 16.0. The van der Waals surface area contributed by atoms with Crippen LogP contribution in [-0.4, -0.2) is 31.9 Å². The number of nitrogens with zero attached hydrogens (tertiary/aromatic N) is 1. The van der Waals surface area contributed by atoms with E-state index in [2.05, 4.69) is 15.8 Å². The molecule has 2 aromatic carbocycles. The number of methoxy groups -OCH3 is 2. The van der Waals surface area contributed by atoms with Crippen LogP contribution < -0.4 is 20.2 Å². The third-order valence-corrected chi connectivity index (χ3v) is 3.64. The summed E-state index contributed by atoms with van der Waals surface area (Å²) in [6.07, 6.45) is -0.681. The molecule has 0 heterocycles. The lowest BCUT2D eigenvalue weighted by atomic mass is 10.2. The smallest absolute Gasteiger partial charge is 0.428 e. The Hall–Kier alpha value is -3.55. The van der Waals surface area contributed by atoms with E-state index in [-0.39, 0.29) is 18.9 Å². The van der Waals surface area contributed by atoms with Gasteiger partial charge in [0.15, 0.2) is 0 Å². The van der Waals surface area contributed by atoms with Crippen LogP contribution in [0.2, 0.25) is 0 Å². The van der Waals surface area contributed by atoms with Gasteiger partial charge in [-0.2, -0.15) is 5.10 Å². The van der Waals surface area contributed by atoms with Crippen molar-refractivity contribution >= 4 is 23.4 Å². The number of anilines is 1. The summed E-state index contributed by atoms with van der Waals surface area (Å²) >= 11 is 0. The molecule has 8 heteroatoms. The van der Waals surface area contributed by atoms with Crippen molar-refractivity contribution in [2.45, 2.75) is 20.0 Å². The van der Waals surface area contributed by atoms with Crippen molar-refractivity contribution in [3.05, 3.63) is 54.1 Å². The van der Waals surface area contributed by atoms with Crippen molar-refractivity contribution in [2.24, 2.45) is 5.10 Å². The van der Waals surface area contributed by atoms with Crippen LogP contribution in [0.15, 0.2) is 53.6 Å². The summed E-state index contributed by atoms with van der Waals surface area (Å²) in [5.41, 5.74) is 4.13. The zero-order valence-corrected chi connectivity index (χ0v) is 16.0. The van der Waals surface area contributed by atoms with Gasteiger partial charge < -0.3 is 19.5 Å². The highest BCUT2D eigenvalue weighted by Crippen LogP contribution is 2.16. The first-order valence-electron chi connectivity index (χ1n) is 8.53. The summed E-state index contributed by atoms with van der Waals surface area (Å²) in [6, 6.07) is 14.2. The molecule has 0 saturated carbocycles. The van der Waals surface area contributed by atoms with Gasteiger partial charge in [-0.25, -0.2) is 10.2 Å². The number of carbonyl (C=O) groups is 2. The molecule has 148 valence electrons. The van der Waals surface area contributed by atoms with Gasteiger partial charge in [0.25, 0.3) is 0 Å². The van der Waals surface area contributed by atoms with Gasteiger partial charge in [-0.1, -0.05) is 18.2 Å². The second kappa shape index (κ2) is 10.6. The minimum atomic E-state index is -0.705. The first kappa shape index (κ1) is 20.8. The third-order valence-electron chi connectivity index (χ3n) is 3.64. The fourth-order valence-corrected chi connectivity index (χ4v) is 2.22. The van der Waals surface area contributed by atoms with Crippen molar-refractivity contribution < 1.29 is 23.8 Å². The minimum absolute atomic E-state index is 0.0238. The summed E-state index contributed by atoms with van der Waals surface area (Å²) in [7, 11) is 3.13. The molecule has 0 unspecified atom stereocenters. The molecule has 0 spiro atoms. The van der Waals surface area contributed by atoms with Gasteiger partial charge in [0.05, 0.1) is 20.6 Å². The molecule has 0 saturated heterocycles. The molecular formula is C20H23N3O5. The molecular weight excluding hydrogens is 362 g/mol. The Morgan fingerprint density at radius 3 is 2.39 bits per heavy atom. The van der Waals surface area contributed by atoms with Crippen LogP contribution in [0.4, 0.5) is 10.5 Å². The van der Waals surface area contributed by atoms with E-state index in [0.717, 1.165) is 11.3 Å². The first-order chi connectivity index (χ1) is 13.5. The largest absolute Gasteiger partial charge is 0.497 e. The summed E-state index contributed by atoms with van der Waals surface area (Å²) in [5.74, 6) is 1.10. The average Bonchev–Trinajstić information content (AvgIpc) is 2.71. The van der Waals surface area contributed by atoms with E-state index in [1.807, 2.05) is 0 Å². The second-order valence-corrected chi connectivity index (χ2v) is 5.84. The fraction of sp³-hybridized carbons (Fsp3) is 0.250. The van der Waals surface area contributed by atoms with Crippen molar-refractivity contribution in [2.75, 3.05) is 19.5 Å². The molecule has 28 heavy (non-hydrogen) atoms. The lowest BCUT2D eigenvalue weighted by molar-refractivity contribution is -0.115. The van der Waals surface area contributed by atoms with Gasteiger partial charge in [-0.3, -0.25) is 4.79 Å². The van der Waals surface area contributed by atoms with Gasteiger partial charge in [-0.05, 0) is 36.8 Å². The lowest BCUT2D eigenvalue weighted by Crippen LogP contribution is -2.22. The van der Waals surface area contributed by atoms with E-state index >= 15 is 0 Å². The molecule has 0 aliphatic carbocycles. The van der Waals surface area contributed by atoms with Crippen molar-refractivity contribution in [3.8, 4) is 11.5 Å². The molecule has 2 N–H and O–H groups in total. The van der Waals surface area contributed by atoms with Crippen LogP contribution in [0.5, 0.6) is 11.5 Å². The monoisotopic (exact) mass is 385 g/mol. The maximum atomic E-state index is 12.0. The number of hydrazone groups is 1. The standard InChI is InChI=1S/C20H23N3O5/c1-14(11-19(24)21-16-5-4-6-18(12-16)27-3)22-23-20(25)28-13-15-7-9-17(26-2)10-8-15/h4-10,12H,11,13H2,1-3H3,(H,21,24)(H,23,25)/b22-14+. The molecule has 0 aromatic heterocycles. The van der Waals surface area contributed by atoms with Gasteiger partial charge in [-0.15, -0.1) is 0 Å². The Morgan fingerprint density at radius 2 is 1.71 bits per heavy atom. The molecule has 0 aliphatic rings. The molecule has 0 bridgehead atoms. The van der Waals surface area contributed by atoms with Crippen LogP contribution >= 0.6 is 0 Å².